The maximum absolute atomic E-state index is 15.4. The van der Waals surface area contributed by atoms with Crippen molar-refractivity contribution >= 4 is 10.9 Å². The molecule has 5 aromatic rings. The molecule has 1 aliphatic rings. The van der Waals surface area contributed by atoms with Crippen molar-refractivity contribution in [3.8, 4) is 45.9 Å². The lowest BCUT2D eigenvalue weighted by atomic mass is 10.1. The zero-order chi connectivity index (χ0) is 31.2. The number of methoxy groups -OCH3 is 1. The van der Waals surface area contributed by atoms with Crippen molar-refractivity contribution < 1.29 is 28.1 Å². The van der Waals surface area contributed by atoms with Crippen LogP contribution in [0.5, 0.6) is 34.8 Å². The summed E-state index contributed by atoms with van der Waals surface area (Å²) in [5.74, 6) is 1.38. The molecule has 10 nitrogen and oxygen atoms in total. The van der Waals surface area contributed by atoms with Gasteiger partial charge in [0.05, 0.1) is 38.0 Å². The summed E-state index contributed by atoms with van der Waals surface area (Å²) in [5.41, 5.74) is 0.812. The van der Waals surface area contributed by atoms with E-state index < -0.39 is 5.82 Å². The van der Waals surface area contributed by atoms with Gasteiger partial charge in [0, 0.05) is 50.5 Å². The van der Waals surface area contributed by atoms with E-state index in [9.17, 15) is 4.79 Å². The topological polar surface area (TPSA) is 97.2 Å². The molecule has 1 aliphatic heterocycles. The molecular formula is C34H33FN4O6. The van der Waals surface area contributed by atoms with Gasteiger partial charge in [0.1, 0.15) is 11.5 Å². The molecule has 0 N–H and O–H groups in total. The maximum Gasteiger partial charge on any atom is 0.304 e. The van der Waals surface area contributed by atoms with Gasteiger partial charge in [-0.1, -0.05) is 24.3 Å². The largest absolute Gasteiger partial charge is 0.493 e. The number of aromatic nitrogens is 3. The van der Waals surface area contributed by atoms with Gasteiger partial charge < -0.3 is 23.7 Å². The zero-order valence-corrected chi connectivity index (χ0v) is 25.1. The maximum atomic E-state index is 15.4. The molecule has 1 saturated heterocycles. The molecule has 0 radical (unpaired) electrons. The standard InChI is InChI=1S/C34H33FN4O6/c1-38-33(40)26(22-37-34(38)44-24-7-4-3-5-8-24)23-9-10-30(27(35)19-23)45-29-11-12-36-28-21-32(31(41-2)20-25(28)29)43-16-6-13-39-14-17-42-18-15-39/h3-5,7-12,19-22H,6,13-18H2,1-2H3. The molecule has 0 aliphatic carbocycles. The van der Waals surface area contributed by atoms with Crippen LogP contribution in [0.1, 0.15) is 6.42 Å². The first kappa shape index (κ1) is 30.0. The Bertz CT molecular complexity index is 1840. The third kappa shape index (κ3) is 6.89. The molecule has 0 unspecified atom stereocenters. The highest BCUT2D eigenvalue weighted by atomic mass is 19.1. The molecule has 6 rings (SSSR count). The predicted molar refractivity (Wildman–Crippen MR) is 167 cm³/mol. The van der Waals surface area contributed by atoms with Crippen molar-refractivity contribution in [1.82, 2.24) is 19.4 Å². The Kier molecular flexibility index (Phi) is 9.18. The Labute approximate surface area is 259 Å². The number of morpholine rings is 1. The highest BCUT2D eigenvalue weighted by Crippen LogP contribution is 2.38. The first-order valence-electron chi connectivity index (χ1n) is 14.7. The summed E-state index contributed by atoms with van der Waals surface area (Å²) in [4.78, 5) is 24.2. The summed E-state index contributed by atoms with van der Waals surface area (Å²) < 4.78 is 45.5. The van der Waals surface area contributed by atoms with Crippen LogP contribution < -0.4 is 24.5 Å². The van der Waals surface area contributed by atoms with Crippen LogP contribution in [-0.2, 0) is 11.8 Å². The van der Waals surface area contributed by atoms with Crippen molar-refractivity contribution in [3.63, 3.8) is 0 Å². The fourth-order valence-corrected chi connectivity index (χ4v) is 5.07. The van der Waals surface area contributed by atoms with E-state index in [4.69, 9.17) is 23.7 Å². The Morgan fingerprint density at radius 2 is 1.73 bits per heavy atom. The van der Waals surface area contributed by atoms with Crippen LogP contribution in [0.2, 0.25) is 0 Å². The Hall–Kier alpha value is -5.00. The van der Waals surface area contributed by atoms with Gasteiger partial charge in [-0.05, 0) is 48.4 Å². The van der Waals surface area contributed by atoms with Gasteiger partial charge in [-0.15, -0.1) is 0 Å². The van der Waals surface area contributed by atoms with E-state index in [1.54, 1.807) is 56.8 Å². The molecule has 0 bridgehead atoms. The Balaban J connectivity index is 1.18. The van der Waals surface area contributed by atoms with Crippen LogP contribution in [0.15, 0.2) is 83.9 Å². The van der Waals surface area contributed by atoms with Gasteiger partial charge in [-0.2, -0.15) is 0 Å². The number of benzene rings is 3. The number of fused-ring (bicyclic) bond motifs is 1. The van der Waals surface area contributed by atoms with Crippen LogP contribution in [0.4, 0.5) is 4.39 Å². The van der Waals surface area contributed by atoms with Gasteiger partial charge in [0.15, 0.2) is 23.1 Å². The average molecular weight is 613 g/mol. The quantitative estimate of drug-likeness (QED) is 0.171. The molecule has 1 fully saturated rings. The van der Waals surface area contributed by atoms with E-state index >= 15 is 4.39 Å². The van der Waals surface area contributed by atoms with E-state index in [-0.39, 0.29) is 22.9 Å². The summed E-state index contributed by atoms with van der Waals surface area (Å²) in [6, 6.07) is 18.7. The van der Waals surface area contributed by atoms with Crippen LogP contribution in [-0.4, -0.2) is 66.0 Å². The number of para-hydroxylation sites is 1. The molecule has 45 heavy (non-hydrogen) atoms. The van der Waals surface area contributed by atoms with Gasteiger partial charge in [-0.3, -0.25) is 19.2 Å². The molecule has 2 aromatic heterocycles. The van der Waals surface area contributed by atoms with E-state index in [0.29, 0.717) is 46.1 Å². The number of hydrogen-bond acceptors (Lipinski definition) is 9. The zero-order valence-electron chi connectivity index (χ0n) is 25.1. The van der Waals surface area contributed by atoms with Crippen molar-refractivity contribution in [2.24, 2.45) is 7.05 Å². The minimum Gasteiger partial charge on any atom is -0.493 e. The second kappa shape index (κ2) is 13.7. The first-order valence-corrected chi connectivity index (χ1v) is 14.7. The molecule has 0 spiro atoms. The van der Waals surface area contributed by atoms with E-state index in [2.05, 4.69) is 14.9 Å². The second-order valence-corrected chi connectivity index (χ2v) is 10.5. The van der Waals surface area contributed by atoms with Gasteiger partial charge in [-0.25, -0.2) is 9.37 Å². The lowest BCUT2D eigenvalue weighted by Crippen LogP contribution is -2.37. The molecule has 3 aromatic carbocycles. The summed E-state index contributed by atoms with van der Waals surface area (Å²) >= 11 is 0. The minimum absolute atomic E-state index is 0.0116. The van der Waals surface area contributed by atoms with Gasteiger partial charge >= 0.3 is 6.01 Å². The van der Waals surface area contributed by atoms with Crippen molar-refractivity contribution in [2.75, 3.05) is 46.6 Å². The third-order valence-electron chi connectivity index (χ3n) is 7.51. The van der Waals surface area contributed by atoms with Crippen LogP contribution >= 0.6 is 0 Å². The predicted octanol–water partition coefficient (Wildman–Crippen LogP) is 5.83. The molecule has 11 heteroatoms. The highest BCUT2D eigenvalue weighted by molar-refractivity contribution is 5.88. The molecule has 0 saturated carbocycles. The van der Waals surface area contributed by atoms with E-state index in [1.807, 2.05) is 18.2 Å². The minimum atomic E-state index is -0.642. The number of pyridine rings is 1. The van der Waals surface area contributed by atoms with Gasteiger partial charge in [0.25, 0.3) is 5.56 Å². The first-order chi connectivity index (χ1) is 22.0. The van der Waals surface area contributed by atoms with Crippen LogP contribution in [0, 0.1) is 5.82 Å². The van der Waals surface area contributed by atoms with E-state index in [0.717, 1.165) is 39.3 Å². The number of rotatable bonds is 11. The molecule has 232 valence electrons. The lowest BCUT2D eigenvalue weighted by Gasteiger charge is -2.26. The molecule has 3 heterocycles. The molecule has 0 amide bonds. The molecule has 0 atom stereocenters. The fourth-order valence-electron chi connectivity index (χ4n) is 5.07. The van der Waals surface area contributed by atoms with Crippen LogP contribution in [0.25, 0.3) is 22.0 Å². The van der Waals surface area contributed by atoms with Crippen LogP contribution in [0.3, 0.4) is 0 Å². The third-order valence-corrected chi connectivity index (χ3v) is 7.51. The fraction of sp³-hybridized carbons (Fsp3) is 0.265. The summed E-state index contributed by atoms with van der Waals surface area (Å²) in [6.45, 7) is 4.85. The lowest BCUT2D eigenvalue weighted by molar-refractivity contribution is 0.0357. The monoisotopic (exact) mass is 612 g/mol. The smallest absolute Gasteiger partial charge is 0.304 e. The van der Waals surface area contributed by atoms with Crippen molar-refractivity contribution in [2.45, 2.75) is 6.42 Å². The molecular weight excluding hydrogens is 579 g/mol. The number of nitrogens with zero attached hydrogens (tertiary/aromatic N) is 4. The SMILES string of the molecule is COc1cc2c(Oc3ccc(-c4cnc(Oc5ccccc5)n(C)c4=O)cc3F)ccnc2cc1OCCCN1CCOCC1. The second-order valence-electron chi connectivity index (χ2n) is 10.5. The van der Waals surface area contributed by atoms with Crippen molar-refractivity contribution in [3.05, 3.63) is 95.3 Å². The average Bonchev–Trinajstić information content (AvgIpc) is 3.07. The summed E-state index contributed by atoms with van der Waals surface area (Å²) in [6.07, 6.45) is 3.83. The Morgan fingerprint density at radius 3 is 2.51 bits per heavy atom. The highest BCUT2D eigenvalue weighted by Gasteiger charge is 2.17. The van der Waals surface area contributed by atoms with Crippen molar-refractivity contribution in [1.29, 1.82) is 0 Å². The number of ether oxygens (including phenoxy) is 5. The van der Waals surface area contributed by atoms with E-state index in [1.165, 1.54) is 22.9 Å². The summed E-state index contributed by atoms with van der Waals surface area (Å²) in [7, 11) is 3.12. The number of hydrogen-bond donors (Lipinski definition) is 0. The summed E-state index contributed by atoms with van der Waals surface area (Å²) in [5, 5.41) is 0.630. The Morgan fingerprint density at radius 1 is 0.911 bits per heavy atom. The number of halogens is 1. The van der Waals surface area contributed by atoms with Gasteiger partial charge in [0.2, 0.25) is 0 Å². The normalized spacial score (nSPS) is 13.5.